The van der Waals surface area contributed by atoms with Crippen LogP contribution in [0.3, 0.4) is 0 Å². The Morgan fingerprint density at radius 1 is 0.980 bits per heavy atom. The van der Waals surface area contributed by atoms with Gasteiger partial charge in [-0.15, -0.1) is 0 Å². The SMILES string of the molecule is CNS(=O)(=O)c1ccc(C)c(-c2cccc(NC(=O)[C@@H]3C[C@@H](F)CN3C(=O)Cn3nc(C(C)=O)c4cc(-c5cnc(C)nc5)ccc43)c2F)c1. The number of anilines is 1. The molecule has 2 amide bonds. The molecule has 12 nitrogen and oxygen atoms in total. The molecular formula is C35H33F2N7O5S. The average Bonchev–Trinajstić information content (AvgIpc) is 3.66. The highest BCUT2D eigenvalue weighted by atomic mass is 32.2. The van der Waals surface area contributed by atoms with Gasteiger partial charge in [0.15, 0.2) is 11.6 Å². The summed E-state index contributed by atoms with van der Waals surface area (Å²) in [6.07, 6.45) is 1.51. The summed E-state index contributed by atoms with van der Waals surface area (Å²) in [7, 11) is -2.55. The molecule has 0 unspecified atom stereocenters. The zero-order chi connectivity index (χ0) is 35.9. The second kappa shape index (κ2) is 13.5. The number of benzene rings is 3. The number of rotatable bonds is 9. The molecule has 0 radical (unpaired) electrons. The van der Waals surface area contributed by atoms with E-state index in [0.29, 0.717) is 27.9 Å². The van der Waals surface area contributed by atoms with E-state index in [1.807, 2.05) is 0 Å². The molecule has 0 aliphatic carbocycles. The molecule has 50 heavy (non-hydrogen) atoms. The Balaban J connectivity index is 1.25. The molecule has 258 valence electrons. The van der Waals surface area contributed by atoms with Crippen LogP contribution < -0.4 is 10.0 Å². The smallest absolute Gasteiger partial charge is 0.247 e. The van der Waals surface area contributed by atoms with E-state index in [9.17, 15) is 27.2 Å². The van der Waals surface area contributed by atoms with Crippen molar-refractivity contribution >= 4 is 44.2 Å². The zero-order valence-corrected chi connectivity index (χ0v) is 28.4. The molecule has 1 aliphatic rings. The summed E-state index contributed by atoms with van der Waals surface area (Å²) >= 11 is 0. The number of nitrogens with one attached hydrogen (secondary N) is 2. The van der Waals surface area contributed by atoms with Gasteiger partial charge in [0.1, 0.15) is 30.3 Å². The molecule has 1 aliphatic heterocycles. The lowest BCUT2D eigenvalue weighted by molar-refractivity contribution is -0.137. The van der Waals surface area contributed by atoms with Gasteiger partial charge in [0.2, 0.25) is 21.8 Å². The summed E-state index contributed by atoms with van der Waals surface area (Å²) in [6, 6.07) is 12.6. The summed E-state index contributed by atoms with van der Waals surface area (Å²) in [5, 5.41) is 7.39. The lowest BCUT2D eigenvalue weighted by Gasteiger charge is -2.24. The van der Waals surface area contributed by atoms with E-state index in [0.717, 1.165) is 16.0 Å². The van der Waals surface area contributed by atoms with Gasteiger partial charge in [0.05, 0.1) is 22.6 Å². The number of Topliss-reactive ketones (excluding diaryl/α,β-unsaturated/α-hetero) is 1. The first-order chi connectivity index (χ1) is 23.8. The number of ketones is 1. The quantitative estimate of drug-likeness (QED) is 0.211. The molecular weight excluding hydrogens is 668 g/mol. The van der Waals surface area contributed by atoms with Gasteiger partial charge in [0, 0.05) is 42.3 Å². The van der Waals surface area contributed by atoms with Crippen LogP contribution in [0.4, 0.5) is 14.5 Å². The van der Waals surface area contributed by atoms with Crippen molar-refractivity contribution in [2.75, 3.05) is 18.9 Å². The van der Waals surface area contributed by atoms with Crippen molar-refractivity contribution < 1.29 is 31.6 Å². The van der Waals surface area contributed by atoms with Gasteiger partial charge in [-0.1, -0.05) is 24.3 Å². The molecule has 3 aromatic carbocycles. The summed E-state index contributed by atoms with van der Waals surface area (Å²) in [6.45, 7) is 4.08. The predicted molar refractivity (Wildman–Crippen MR) is 182 cm³/mol. The van der Waals surface area contributed by atoms with Gasteiger partial charge >= 0.3 is 0 Å². The fourth-order valence-corrected chi connectivity index (χ4v) is 6.79. The van der Waals surface area contributed by atoms with Crippen molar-refractivity contribution in [3.8, 4) is 22.3 Å². The van der Waals surface area contributed by atoms with E-state index in [-0.39, 0.29) is 47.1 Å². The van der Waals surface area contributed by atoms with Gasteiger partial charge in [-0.25, -0.2) is 31.9 Å². The van der Waals surface area contributed by atoms with Crippen LogP contribution >= 0.6 is 0 Å². The first-order valence-corrected chi connectivity index (χ1v) is 17.1. The first-order valence-electron chi connectivity index (χ1n) is 15.7. The number of alkyl halides is 1. The normalized spacial score (nSPS) is 16.2. The Hall–Kier alpha value is -5.41. The zero-order valence-electron chi connectivity index (χ0n) is 27.6. The molecule has 0 spiro atoms. The number of halogens is 2. The fraction of sp³-hybridized carbons (Fsp3) is 0.257. The van der Waals surface area contributed by atoms with Crippen molar-refractivity contribution in [1.82, 2.24) is 29.4 Å². The summed E-state index contributed by atoms with van der Waals surface area (Å²) in [5.41, 5.74) is 2.80. The maximum absolute atomic E-state index is 15.9. The highest BCUT2D eigenvalue weighted by Gasteiger charge is 2.40. The number of carbonyl (C=O) groups is 3. The van der Waals surface area contributed by atoms with E-state index in [2.05, 4.69) is 25.1 Å². The van der Waals surface area contributed by atoms with Gasteiger partial charge in [-0.05, 0) is 67.9 Å². The minimum absolute atomic E-state index is 0.0427. The third-order valence-electron chi connectivity index (χ3n) is 8.69. The summed E-state index contributed by atoms with van der Waals surface area (Å²) < 4.78 is 59.1. The van der Waals surface area contributed by atoms with E-state index >= 15 is 4.39 Å². The number of carbonyl (C=O) groups excluding carboxylic acids is 3. The van der Waals surface area contributed by atoms with Crippen molar-refractivity contribution in [1.29, 1.82) is 0 Å². The molecule has 2 N–H and O–H groups in total. The lowest BCUT2D eigenvalue weighted by atomic mass is 9.99. The topological polar surface area (TPSA) is 156 Å². The van der Waals surface area contributed by atoms with Crippen molar-refractivity contribution in [3.05, 3.63) is 89.9 Å². The van der Waals surface area contributed by atoms with Crippen LogP contribution in [0.2, 0.25) is 0 Å². The maximum atomic E-state index is 15.9. The van der Waals surface area contributed by atoms with Gasteiger partial charge < -0.3 is 10.2 Å². The molecule has 2 aromatic heterocycles. The van der Waals surface area contributed by atoms with Crippen molar-refractivity contribution in [2.24, 2.45) is 0 Å². The Bertz CT molecular complexity index is 2280. The molecule has 5 aromatic rings. The van der Waals surface area contributed by atoms with E-state index in [1.54, 1.807) is 50.5 Å². The van der Waals surface area contributed by atoms with Gasteiger partial charge in [-0.3, -0.25) is 19.1 Å². The highest BCUT2D eigenvalue weighted by Crippen LogP contribution is 2.33. The minimum Gasteiger partial charge on any atom is -0.326 e. The minimum atomic E-state index is -3.81. The number of hydrogen-bond donors (Lipinski definition) is 2. The monoisotopic (exact) mass is 701 g/mol. The van der Waals surface area contributed by atoms with Crippen LogP contribution in [-0.4, -0.2) is 76.5 Å². The van der Waals surface area contributed by atoms with Crippen molar-refractivity contribution in [3.63, 3.8) is 0 Å². The Labute approximate surface area is 286 Å². The third-order valence-corrected chi connectivity index (χ3v) is 10.1. The van der Waals surface area contributed by atoms with Crippen LogP contribution in [-0.2, 0) is 26.2 Å². The van der Waals surface area contributed by atoms with Crippen LogP contribution in [0.5, 0.6) is 0 Å². The van der Waals surface area contributed by atoms with Crippen LogP contribution in [0.25, 0.3) is 33.2 Å². The lowest BCUT2D eigenvalue weighted by Crippen LogP contribution is -2.44. The molecule has 3 heterocycles. The van der Waals surface area contributed by atoms with Crippen molar-refractivity contribution in [2.45, 2.75) is 50.8 Å². The van der Waals surface area contributed by atoms with E-state index in [1.165, 1.54) is 49.0 Å². The average molecular weight is 702 g/mol. The Morgan fingerprint density at radius 2 is 1.72 bits per heavy atom. The number of hydrogen-bond acceptors (Lipinski definition) is 8. The largest absolute Gasteiger partial charge is 0.326 e. The number of nitrogens with zero attached hydrogens (tertiary/aromatic N) is 5. The van der Waals surface area contributed by atoms with Crippen LogP contribution in [0, 0.1) is 19.7 Å². The van der Waals surface area contributed by atoms with Crippen LogP contribution in [0.1, 0.15) is 35.2 Å². The second-order valence-electron chi connectivity index (χ2n) is 12.0. The number of fused-ring (bicyclic) bond motifs is 1. The molecule has 1 fully saturated rings. The van der Waals surface area contributed by atoms with E-state index in [4.69, 9.17) is 0 Å². The maximum Gasteiger partial charge on any atom is 0.247 e. The third kappa shape index (κ3) is 6.61. The molecule has 2 atom stereocenters. The molecule has 15 heteroatoms. The molecule has 0 bridgehead atoms. The van der Waals surface area contributed by atoms with Gasteiger partial charge in [0.25, 0.3) is 0 Å². The predicted octanol–water partition coefficient (Wildman–Crippen LogP) is 4.60. The number of aryl methyl sites for hydroxylation is 2. The van der Waals surface area contributed by atoms with Crippen LogP contribution in [0.15, 0.2) is 71.9 Å². The second-order valence-corrected chi connectivity index (χ2v) is 13.9. The highest BCUT2D eigenvalue weighted by molar-refractivity contribution is 7.89. The molecule has 0 saturated carbocycles. The summed E-state index contributed by atoms with van der Waals surface area (Å²) in [4.78, 5) is 49.2. The Morgan fingerprint density at radius 3 is 2.42 bits per heavy atom. The fourth-order valence-electron chi connectivity index (χ4n) is 6.04. The molecule has 1 saturated heterocycles. The van der Waals surface area contributed by atoms with E-state index < -0.39 is 39.9 Å². The molecule has 6 rings (SSSR count). The Kier molecular flexibility index (Phi) is 9.29. The first kappa shape index (κ1) is 34.5. The number of sulfonamides is 1. The number of aromatic nitrogens is 4. The summed E-state index contributed by atoms with van der Waals surface area (Å²) in [5.74, 6) is -1.96. The van der Waals surface area contributed by atoms with Gasteiger partial charge in [-0.2, -0.15) is 5.10 Å². The standard InChI is InChI=1S/C35H33F2N7O5S/c1-19-8-10-25(50(48,49)38-4)14-27(19)26-6-5-7-29(33(26)37)41-35(47)31-13-24(36)17-43(31)32(46)18-44-30-11-9-22(23-15-39-21(3)40-16-23)12-28(30)34(42-44)20(2)45/h5-12,14-16,24,31,38H,13,17-18H2,1-4H3,(H,41,47)/t24-,31+/m1/s1. The number of likely N-dealkylation sites (tertiary alicyclic amines) is 1. The number of amides is 2.